The van der Waals surface area contributed by atoms with Gasteiger partial charge in [-0.3, -0.25) is 9.59 Å². The SMILES string of the molecule is COc1ccccc1NC(=O)C(=O)N1CCOC(c2ccccc2)C1. The van der Waals surface area contributed by atoms with Crippen molar-refractivity contribution < 1.29 is 19.1 Å². The highest BCUT2D eigenvalue weighted by Gasteiger charge is 2.29. The third-order valence-corrected chi connectivity index (χ3v) is 4.07. The predicted molar refractivity (Wildman–Crippen MR) is 93.3 cm³/mol. The molecule has 3 rings (SSSR count). The summed E-state index contributed by atoms with van der Waals surface area (Å²) < 4.78 is 10.9. The Kier molecular flexibility index (Phi) is 5.30. The van der Waals surface area contributed by atoms with Crippen molar-refractivity contribution in [3.05, 3.63) is 60.2 Å². The van der Waals surface area contributed by atoms with E-state index in [4.69, 9.17) is 9.47 Å². The van der Waals surface area contributed by atoms with Gasteiger partial charge in [0.2, 0.25) is 0 Å². The van der Waals surface area contributed by atoms with Gasteiger partial charge in [-0.05, 0) is 17.7 Å². The Labute approximate surface area is 146 Å². The fraction of sp³-hybridized carbons (Fsp3) is 0.263. The molecule has 1 fully saturated rings. The van der Waals surface area contributed by atoms with Crippen LogP contribution in [0.1, 0.15) is 11.7 Å². The molecule has 0 radical (unpaired) electrons. The van der Waals surface area contributed by atoms with Crippen LogP contribution < -0.4 is 10.1 Å². The molecule has 1 aliphatic heterocycles. The molecule has 6 nitrogen and oxygen atoms in total. The van der Waals surface area contributed by atoms with E-state index < -0.39 is 11.8 Å². The summed E-state index contributed by atoms with van der Waals surface area (Å²) in [5.41, 5.74) is 1.46. The minimum Gasteiger partial charge on any atom is -0.495 e. The van der Waals surface area contributed by atoms with Crippen LogP contribution >= 0.6 is 0 Å². The number of morpholine rings is 1. The molecule has 1 aliphatic rings. The van der Waals surface area contributed by atoms with Crippen molar-refractivity contribution in [2.24, 2.45) is 0 Å². The quantitative estimate of drug-likeness (QED) is 0.870. The number of hydrogen-bond acceptors (Lipinski definition) is 4. The van der Waals surface area contributed by atoms with Gasteiger partial charge in [0.15, 0.2) is 0 Å². The van der Waals surface area contributed by atoms with Gasteiger partial charge in [0.25, 0.3) is 0 Å². The lowest BCUT2D eigenvalue weighted by Gasteiger charge is -2.32. The molecule has 1 heterocycles. The molecule has 0 aromatic heterocycles. The van der Waals surface area contributed by atoms with Crippen molar-refractivity contribution in [1.82, 2.24) is 4.90 Å². The molecule has 1 N–H and O–H groups in total. The molecule has 130 valence electrons. The highest BCUT2D eigenvalue weighted by Crippen LogP contribution is 2.24. The van der Waals surface area contributed by atoms with E-state index in [2.05, 4.69) is 5.32 Å². The van der Waals surface area contributed by atoms with Gasteiger partial charge < -0.3 is 19.7 Å². The van der Waals surface area contributed by atoms with Crippen LogP contribution in [-0.4, -0.2) is 43.5 Å². The first-order valence-corrected chi connectivity index (χ1v) is 8.09. The first kappa shape index (κ1) is 17.0. The lowest BCUT2D eigenvalue weighted by molar-refractivity contribution is -0.148. The van der Waals surface area contributed by atoms with E-state index in [0.29, 0.717) is 31.1 Å². The smallest absolute Gasteiger partial charge is 0.314 e. The molecule has 0 saturated carbocycles. The van der Waals surface area contributed by atoms with Gasteiger partial charge in [0.05, 0.1) is 25.9 Å². The Morgan fingerprint density at radius 3 is 2.60 bits per heavy atom. The number of nitrogens with one attached hydrogen (secondary N) is 1. The molecule has 2 amide bonds. The Morgan fingerprint density at radius 2 is 1.84 bits per heavy atom. The number of carbonyl (C=O) groups is 2. The normalized spacial score (nSPS) is 17.0. The number of para-hydroxylation sites is 2. The number of methoxy groups -OCH3 is 1. The number of rotatable bonds is 3. The Balaban J connectivity index is 1.66. The number of nitrogens with zero attached hydrogens (tertiary/aromatic N) is 1. The summed E-state index contributed by atoms with van der Waals surface area (Å²) in [7, 11) is 1.51. The molecular weight excluding hydrogens is 320 g/mol. The fourth-order valence-electron chi connectivity index (χ4n) is 2.77. The summed E-state index contributed by atoms with van der Waals surface area (Å²) in [5, 5.41) is 2.62. The third kappa shape index (κ3) is 3.97. The van der Waals surface area contributed by atoms with E-state index in [9.17, 15) is 9.59 Å². The summed E-state index contributed by atoms with van der Waals surface area (Å²) in [6, 6.07) is 16.7. The largest absolute Gasteiger partial charge is 0.495 e. The Morgan fingerprint density at radius 1 is 1.12 bits per heavy atom. The van der Waals surface area contributed by atoms with Gasteiger partial charge in [-0.25, -0.2) is 0 Å². The molecular formula is C19H20N2O4. The molecule has 1 atom stereocenters. The zero-order valence-corrected chi connectivity index (χ0v) is 14.0. The zero-order chi connectivity index (χ0) is 17.6. The monoisotopic (exact) mass is 340 g/mol. The Bertz CT molecular complexity index is 748. The maximum Gasteiger partial charge on any atom is 0.314 e. The van der Waals surface area contributed by atoms with Crippen molar-refractivity contribution in [3.63, 3.8) is 0 Å². The number of benzene rings is 2. The van der Waals surface area contributed by atoms with Crippen molar-refractivity contribution >= 4 is 17.5 Å². The standard InChI is InChI=1S/C19H20N2O4/c1-24-16-10-6-5-9-15(16)20-18(22)19(23)21-11-12-25-17(13-21)14-7-3-2-4-8-14/h2-10,17H,11-13H2,1H3,(H,20,22). The average Bonchev–Trinajstić information content (AvgIpc) is 2.68. The van der Waals surface area contributed by atoms with E-state index in [1.165, 1.54) is 12.0 Å². The minimum absolute atomic E-state index is 0.224. The first-order chi connectivity index (χ1) is 12.2. The highest BCUT2D eigenvalue weighted by molar-refractivity contribution is 6.39. The van der Waals surface area contributed by atoms with Crippen molar-refractivity contribution in [2.75, 3.05) is 32.1 Å². The van der Waals surface area contributed by atoms with Crippen molar-refractivity contribution in [1.29, 1.82) is 0 Å². The molecule has 0 bridgehead atoms. The van der Waals surface area contributed by atoms with Crippen LogP contribution in [0.3, 0.4) is 0 Å². The van der Waals surface area contributed by atoms with Gasteiger partial charge >= 0.3 is 11.8 Å². The molecule has 0 aliphatic carbocycles. The highest BCUT2D eigenvalue weighted by atomic mass is 16.5. The zero-order valence-electron chi connectivity index (χ0n) is 14.0. The predicted octanol–water partition coefficient (Wildman–Crippen LogP) is 2.23. The topological polar surface area (TPSA) is 67.9 Å². The molecule has 1 saturated heterocycles. The Hall–Kier alpha value is -2.86. The summed E-state index contributed by atoms with van der Waals surface area (Å²) >= 11 is 0. The molecule has 2 aromatic rings. The molecule has 0 spiro atoms. The second-order valence-electron chi connectivity index (χ2n) is 5.68. The fourth-order valence-corrected chi connectivity index (χ4v) is 2.77. The first-order valence-electron chi connectivity index (χ1n) is 8.09. The van der Waals surface area contributed by atoms with Crippen molar-refractivity contribution in [2.45, 2.75) is 6.10 Å². The van der Waals surface area contributed by atoms with Gasteiger partial charge in [-0.1, -0.05) is 42.5 Å². The van der Waals surface area contributed by atoms with Crippen LogP contribution in [0.25, 0.3) is 0 Å². The van der Waals surface area contributed by atoms with Crippen molar-refractivity contribution in [3.8, 4) is 5.75 Å². The van der Waals surface area contributed by atoms with E-state index in [1.807, 2.05) is 30.3 Å². The van der Waals surface area contributed by atoms with E-state index >= 15 is 0 Å². The second kappa shape index (κ2) is 7.81. The van der Waals surface area contributed by atoms with E-state index in [0.717, 1.165) is 5.56 Å². The number of amides is 2. The second-order valence-corrected chi connectivity index (χ2v) is 5.68. The van der Waals surface area contributed by atoms with Crippen LogP contribution in [0, 0.1) is 0 Å². The molecule has 2 aromatic carbocycles. The maximum atomic E-state index is 12.5. The average molecular weight is 340 g/mol. The van der Waals surface area contributed by atoms with Crippen LogP contribution in [0.5, 0.6) is 5.75 Å². The van der Waals surface area contributed by atoms with Gasteiger partial charge in [-0.2, -0.15) is 0 Å². The summed E-state index contributed by atoms with van der Waals surface area (Å²) in [4.78, 5) is 26.3. The van der Waals surface area contributed by atoms with E-state index in [-0.39, 0.29) is 6.10 Å². The van der Waals surface area contributed by atoms with Crippen LogP contribution in [0.15, 0.2) is 54.6 Å². The lowest BCUT2D eigenvalue weighted by atomic mass is 10.1. The summed E-state index contributed by atoms with van der Waals surface area (Å²) in [6.07, 6.45) is -0.224. The minimum atomic E-state index is -0.682. The summed E-state index contributed by atoms with van der Waals surface area (Å²) in [6.45, 7) is 1.14. The van der Waals surface area contributed by atoms with Gasteiger partial charge in [0, 0.05) is 6.54 Å². The number of carbonyl (C=O) groups excluding carboxylic acids is 2. The molecule has 6 heteroatoms. The number of hydrogen-bond donors (Lipinski definition) is 1. The van der Waals surface area contributed by atoms with Gasteiger partial charge in [0.1, 0.15) is 11.9 Å². The maximum absolute atomic E-state index is 12.5. The van der Waals surface area contributed by atoms with Crippen LogP contribution in [0.4, 0.5) is 5.69 Å². The van der Waals surface area contributed by atoms with Crippen LogP contribution in [0.2, 0.25) is 0 Å². The molecule has 25 heavy (non-hydrogen) atoms. The number of ether oxygens (including phenoxy) is 2. The third-order valence-electron chi connectivity index (χ3n) is 4.07. The molecule has 1 unspecified atom stereocenters. The summed E-state index contributed by atoms with van der Waals surface area (Å²) in [5.74, 6) is -0.749. The lowest BCUT2D eigenvalue weighted by Crippen LogP contribution is -2.46. The van der Waals surface area contributed by atoms with E-state index in [1.54, 1.807) is 24.3 Å². The number of anilines is 1. The van der Waals surface area contributed by atoms with Crippen LogP contribution in [-0.2, 0) is 14.3 Å². The van der Waals surface area contributed by atoms with Gasteiger partial charge in [-0.15, -0.1) is 0 Å².